The Balaban J connectivity index is 0.000000146. The van der Waals surface area contributed by atoms with Crippen molar-refractivity contribution in [2.75, 3.05) is 47.8 Å². The van der Waals surface area contributed by atoms with Crippen LogP contribution in [-0.2, 0) is 16.2 Å². The van der Waals surface area contributed by atoms with Gasteiger partial charge in [-0.1, -0.05) is 297 Å². The summed E-state index contributed by atoms with van der Waals surface area (Å²) in [7, 11) is 8.05. The van der Waals surface area contributed by atoms with Crippen LogP contribution in [-0.4, -0.2) is 40.5 Å². The molecule has 0 spiro atoms. The zero-order valence-electron chi connectivity index (χ0n) is 64.8. The first-order valence-corrected chi connectivity index (χ1v) is 38.0. The SMILES string of the molecule is CCC(c1ccc(C)cc1)c1ccc(N(C)c2ccccc2)cc1.Cc1ccc(C(C)(c2ccccc2)c2ccc(N(C)c3ccccc3)cc2)cc1.Cc1ccc(C(c2ccc(N(C)c3ccccc3)cc2)(C(F)(F)F)C(F)(F)F)cc1.Cc1ccc(C2(c3ccc(N(C)c4ccccc4)cc3)CCCCC2)cc1. The van der Waals surface area contributed by atoms with Gasteiger partial charge in [0.15, 0.2) is 0 Å². The van der Waals surface area contributed by atoms with E-state index in [0.29, 0.717) is 17.2 Å². The van der Waals surface area contributed by atoms with Crippen LogP contribution in [0.1, 0.15) is 131 Å². The number of rotatable bonds is 18. The Labute approximate surface area is 648 Å². The van der Waals surface area contributed by atoms with Gasteiger partial charge in [-0.15, -0.1) is 0 Å². The summed E-state index contributed by atoms with van der Waals surface area (Å²) in [5, 5.41) is 0. The van der Waals surface area contributed by atoms with Crippen LogP contribution in [0.15, 0.2) is 346 Å². The van der Waals surface area contributed by atoms with E-state index < -0.39 is 28.9 Å². The number of nitrogens with zero attached hydrogens (tertiary/aromatic N) is 4. The van der Waals surface area contributed by atoms with E-state index in [1.165, 1.54) is 146 Å². The average molecular weight is 1470 g/mol. The van der Waals surface area contributed by atoms with Crippen LogP contribution < -0.4 is 19.6 Å². The van der Waals surface area contributed by atoms with Gasteiger partial charge in [-0.25, -0.2) is 0 Å². The molecule has 1 fully saturated rings. The molecule has 0 bridgehead atoms. The minimum Gasteiger partial charge on any atom is -0.345 e. The van der Waals surface area contributed by atoms with Gasteiger partial charge >= 0.3 is 12.4 Å². The van der Waals surface area contributed by atoms with Crippen molar-refractivity contribution in [2.24, 2.45) is 0 Å². The van der Waals surface area contributed by atoms with Crippen molar-refractivity contribution in [2.45, 2.75) is 115 Å². The van der Waals surface area contributed by atoms with Crippen LogP contribution in [0.3, 0.4) is 0 Å². The Morgan fingerprint density at radius 1 is 0.282 bits per heavy atom. The number of hydrogen-bond donors (Lipinski definition) is 0. The Morgan fingerprint density at radius 2 is 0.509 bits per heavy atom. The maximum absolute atomic E-state index is 14.1. The molecule has 0 heterocycles. The maximum atomic E-state index is 14.1. The molecule has 110 heavy (non-hydrogen) atoms. The first-order valence-electron chi connectivity index (χ1n) is 38.0. The Bertz CT molecular complexity index is 4910. The lowest BCUT2D eigenvalue weighted by atomic mass is 9.65. The Hall–Kier alpha value is -11.4. The molecule has 10 heteroatoms. The number of alkyl halides is 6. The second kappa shape index (κ2) is 35.8. The maximum Gasteiger partial charge on any atom is 0.411 e. The second-order valence-electron chi connectivity index (χ2n) is 29.2. The standard InChI is InChI=1S/C28H27N.C26H29N.C23H19F6N.C23H25N/c1-22-14-16-24(17-15-22)28(2,23-10-6-4-7-11-23)25-18-20-27(21-19-25)29(3)26-12-8-5-9-13-26;1-21-11-13-22(14-12-21)26(19-7-4-8-20-26)23-15-17-25(18-16-23)27(2)24-9-5-3-6-10-24;1-16-8-10-17(11-9-16)21(22(24,25)26,23(27,28)29)18-12-14-20(15-13-18)30(2)19-6-4-3-5-7-19;1-4-23(19-12-10-18(2)11-13-19)20-14-16-22(17-15-20)24(3)21-8-6-5-7-9-21/h4-21H,1-3H3;3,5-6,9-18H,4,7-8,19-20H2,1-2H3;3-15H,1-2H3;5-17,23H,4H2,1-3H3. The zero-order chi connectivity index (χ0) is 78.1. The van der Waals surface area contributed by atoms with E-state index in [9.17, 15) is 26.3 Å². The van der Waals surface area contributed by atoms with Crippen molar-refractivity contribution in [1.29, 1.82) is 0 Å². The summed E-state index contributed by atoms with van der Waals surface area (Å²) in [5.74, 6) is 0.460. The fourth-order valence-electron chi connectivity index (χ4n) is 15.3. The molecule has 0 saturated heterocycles. The minimum atomic E-state index is -5.59. The molecule has 1 saturated carbocycles. The fourth-order valence-corrected chi connectivity index (χ4v) is 15.3. The molecule has 0 N–H and O–H groups in total. The Kier molecular flexibility index (Phi) is 25.9. The number of anilines is 8. The predicted molar refractivity (Wildman–Crippen MR) is 449 cm³/mol. The third-order valence-electron chi connectivity index (χ3n) is 22.1. The normalized spacial score (nSPS) is 13.4. The van der Waals surface area contributed by atoms with Gasteiger partial charge in [0, 0.05) is 90.4 Å². The lowest BCUT2D eigenvalue weighted by Gasteiger charge is -2.39. The monoisotopic (exact) mass is 1470 g/mol. The van der Waals surface area contributed by atoms with E-state index in [0.717, 1.165) is 36.4 Å². The van der Waals surface area contributed by atoms with Gasteiger partial charge in [-0.05, 0) is 201 Å². The molecular weight excluding hydrogens is 1370 g/mol. The van der Waals surface area contributed by atoms with E-state index in [2.05, 4.69) is 325 Å². The predicted octanol–water partition coefficient (Wildman–Crippen LogP) is 27.6. The van der Waals surface area contributed by atoms with Crippen LogP contribution in [0.25, 0.3) is 0 Å². The van der Waals surface area contributed by atoms with Gasteiger partial charge in [0.05, 0.1) is 0 Å². The average Bonchev–Trinajstić information content (AvgIpc) is 0.717. The summed E-state index contributed by atoms with van der Waals surface area (Å²) in [6.45, 7) is 12.6. The van der Waals surface area contributed by atoms with Crippen molar-refractivity contribution in [3.63, 3.8) is 0 Å². The van der Waals surface area contributed by atoms with E-state index in [-0.39, 0.29) is 10.8 Å². The summed E-state index contributed by atoms with van der Waals surface area (Å²) in [5.41, 5.74) is 16.7. The van der Waals surface area contributed by atoms with Gasteiger partial charge in [-0.3, -0.25) is 0 Å². The van der Waals surface area contributed by atoms with Crippen molar-refractivity contribution in [3.8, 4) is 0 Å². The van der Waals surface area contributed by atoms with Crippen molar-refractivity contribution < 1.29 is 26.3 Å². The third kappa shape index (κ3) is 18.2. The van der Waals surface area contributed by atoms with E-state index in [4.69, 9.17) is 0 Å². The topological polar surface area (TPSA) is 13.0 Å². The first kappa shape index (κ1) is 79.7. The van der Waals surface area contributed by atoms with Gasteiger partial charge in [-0.2, -0.15) is 26.3 Å². The third-order valence-corrected chi connectivity index (χ3v) is 22.1. The summed E-state index contributed by atoms with van der Waals surface area (Å²) < 4.78 is 84.8. The van der Waals surface area contributed by atoms with Gasteiger partial charge < -0.3 is 19.6 Å². The highest BCUT2D eigenvalue weighted by Gasteiger charge is 2.72. The molecule has 1 aliphatic carbocycles. The number of halogens is 6. The van der Waals surface area contributed by atoms with Crippen molar-refractivity contribution >= 4 is 45.5 Å². The zero-order valence-corrected chi connectivity index (χ0v) is 64.8. The highest BCUT2D eigenvalue weighted by atomic mass is 19.4. The molecule has 0 radical (unpaired) electrons. The van der Waals surface area contributed by atoms with Crippen molar-refractivity contribution in [1.82, 2.24) is 0 Å². The van der Waals surface area contributed by atoms with Gasteiger partial charge in [0.25, 0.3) is 0 Å². The smallest absolute Gasteiger partial charge is 0.345 e. The number of aryl methyl sites for hydroxylation is 4. The summed E-state index contributed by atoms with van der Waals surface area (Å²) in [4.78, 5) is 8.37. The molecule has 13 aromatic carbocycles. The van der Waals surface area contributed by atoms with Crippen LogP contribution in [0.4, 0.5) is 71.8 Å². The van der Waals surface area contributed by atoms with Crippen LogP contribution in [0, 0.1) is 27.7 Å². The molecule has 0 amide bonds. The molecule has 562 valence electrons. The lowest BCUT2D eigenvalue weighted by Crippen LogP contribution is -2.54. The summed E-state index contributed by atoms with van der Waals surface area (Å²) in [6.07, 6.45) is -3.56. The first-order chi connectivity index (χ1) is 52.9. The number of benzene rings is 13. The highest BCUT2D eigenvalue weighted by Crippen LogP contribution is 2.57. The molecule has 4 nitrogen and oxygen atoms in total. The second-order valence-corrected chi connectivity index (χ2v) is 29.2. The summed E-state index contributed by atoms with van der Waals surface area (Å²) >= 11 is 0. The Morgan fingerprint density at radius 3 is 0.827 bits per heavy atom. The molecular formula is C100H100F6N4. The van der Waals surface area contributed by atoms with Crippen LogP contribution in [0.2, 0.25) is 0 Å². The minimum absolute atomic E-state index is 0.176. The molecule has 13 aromatic rings. The fraction of sp³-hybridized carbons (Fsp3) is 0.220. The summed E-state index contributed by atoms with van der Waals surface area (Å²) in [6, 6.07) is 114. The molecule has 2 atom stereocenters. The van der Waals surface area contributed by atoms with E-state index in [1.54, 1.807) is 43.1 Å². The van der Waals surface area contributed by atoms with E-state index >= 15 is 0 Å². The molecule has 0 aliphatic heterocycles. The molecule has 14 rings (SSSR count). The van der Waals surface area contributed by atoms with Crippen molar-refractivity contribution in [3.05, 3.63) is 418 Å². The molecule has 2 unspecified atom stereocenters. The molecule has 0 aromatic heterocycles. The lowest BCUT2D eigenvalue weighted by molar-refractivity contribution is -0.288. The quantitative estimate of drug-likeness (QED) is 0.0627. The van der Waals surface area contributed by atoms with Gasteiger partial charge in [0.1, 0.15) is 0 Å². The number of hydrogen-bond acceptors (Lipinski definition) is 4. The largest absolute Gasteiger partial charge is 0.411 e. The van der Waals surface area contributed by atoms with E-state index in [1.807, 2.05) is 18.2 Å². The van der Waals surface area contributed by atoms with Gasteiger partial charge in [0.2, 0.25) is 5.41 Å². The highest BCUT2D eigenvalue weighted by molar-refractivity contribution is 5.67. The van der Waals surface area contributed by atoms with Crippen LogP contribution >= 0.6 is 0 Å². The molecule has 1 aliphatic rings. The van der Waals surface area contributed by atoms with Crippen LogP contribution in [0.5, 0.6) is 0 Å². The number of para-hydroxylation sites is 4.